The predicted molar refractivity (Wildman–Crippen MR) is 90.0 cm³/mol. The summed E-state index contributed by atoms with van der Waals surface area (Å²) in [5, 5.41) is 16.7. The number of aliphatic hydroxyl groups excluding tert-OH is 1. The summed E-state index contributed by atoms with van der Waals surface area (Å²) in [6, 6.07) is 7.74. The second-order valence-electron chi connectivity index (χ2n) is 6.65. The lowest BCUT2D eigenvalue weighted by Gasteiger charge is -2.23. The van der Waals surface area contributed by atoms with Crippen molar-refractivity contribution in [1.82, 2.24) is 10.6 Å². The van der Waals surface area contributed by atoms with Crippen molar-refractivity contribution in [3.8, 4) is 5.75 Å². The third-order valence-corrected chi connectivity index (χ3v) is 4.86. The first-order chi connectivity index (χ1) is 11.7. The zero-order valence-corrected chi connectivity index (χ0v) is 14.0. The molecule has 3 rings (SSSR count). The summed E-state index contributed by atoms with van der Waals surface area (Å²) in [7, 11) is 1.64. The van der Waals surface area contributed by atoms with Gasteiger partial charge in [-0.05, 0) is 49.5 Å². The molecule has 0 amide bonds. The lowest BCUT2D eigenvalue weighted by Crippen LogP contribution is -2.39. The maximum atomic E-state index is 12.2. The first kappa shape index (κ1) is 17.2. The summed E-state index contributed by atoms with van der Waals surface area (Å²) < 4.78 is 10.8. The number of carbonyl (C=O) groups is 1. The highest BCUT2D eigenvalue weighted by Crippen LogP contribution is 2.21. The zero-order valence-electron chi connectivity index (χ0n) is 14.0. The molecule has 0 unspecified atom stereocenters. The standard InChI is InChI=1S/C18H26N2O4/c1-23-14-4-2-12(3-5-14)8-15-18(16(21)11-20-15)24-17(22)9-13-6-7-19-10-13/h2-5,13,15-16,18-21H,6-11H2,1H3/t13-,15+,16-,18-/m0/s1. The van der Waals surface area contributed by atoms with E-state index >= 15 is 0 Å². The van der Waals surface area contributed by atoms with Gasteiger partial charge < -0.3 is 25.2 Å². The van der Waals surface area contributed by atoms with Gasteiger partial charge in [-0.25, -0.2) is 0 Å². The van der Waals surface area contributed by atoms with E-state index < -0.39 is 12.2 Å². The van der Waals surface area contributed by atoms with Gasteiger partial charge in [0.25, 0.3) is 0 Å². The molecule has 0 spiro atoms. The third kappa shape index (κ3) is 4.26. The van der Waals surface area contributed by atoms with E-state index in [2.05, 4.69) is 10.6 Å². The van der Waals surface area contributed by atoms with E-state index in [4.69, 9.17) is 9.47 Å². The number of esters is 1. The number of hydrogen-bond acceptors (Lipinski definition) is 6. The Morgan fingerprint density at radius 2 is 2.08 bits per heavy atom. The van der Waals surface area contributed by atoms with Crippen molar-refractivity contribution in [2.75, 3.05) is 26.7 Å². The normalized spacial score (nSPS) is 29.6. The minimum absolute atomic E-state index is 0.0703. The topological polar surface area (TPSA) is 79.8 Å². The minimum Gasteiger partial charge on any atom is -0.497 e. The second kappa shape index (κ2) is 7.96. The van der Waals surface area contributed by atoms with Crippen molar-refractivity contribution in [3.05, 3.63) is 29.8 Å². The number of nitrogens with one attached hydrogen (secondary N) is 2. The van der Waals surface area contributed by atoms with Crippen molar-refractivity contribution < 1.29 is 19.4 Å². The van der Waals surface area contributed by atoms with E-state index in [1.165, 1.54) is 0 Å². The van der Waals surface area contributed by atoms with Crippen LogP contribution in [-0.2, 0) is 16.0 Å². The Morgan fingerprint density at radius 1 is 1.29 bits per heavy atom. The molecular formula is C18H26N2O4. The third-order valence-electron chi connectivity index (χ3n) is 4.86. The smallest absolute Gasteiger partial charge is 0.306 e. The van der Waals surface area contributed by atoms with Crippen LogP contribution in [0.15, 0.2) is 24.3 Å². The molecule has 24 heavy (non-hydrogen) atoms. The van der Waals surface area contributed by atoms with Gasteiger partial charge in [0.15, 0.2) is 0 Å². The molecular weight excluding hydrogens is 308 g/mol. The van der Waals surface area contributed by atoms with E-state index in [0.29, 0.717) is 25.3 Å². The van der Waals surface area contributed by atoms with E-state index in [0.717, 1.165) is 30.8 Å². The number of aliphatic hydroxyl groups is 1. The molecule has 132 valence electrons. The average molecular weight is 334 g/mol. The van der Waals surface area contributed by atoms with E-state index in [-0.39, 0.29) is 12.0 Å². The summed E-state index contributed by atoms with van der Waals surface area (Å²) >= 11 is 0. The maximum Gasteiger partial charge on any atom is 0.306 e. The first-order valence-corrected chi connectivity index (χ1v) is 8.60. The fourth-order valence-corrected chi connectivity index (χ4v) is 3.46. The molecule has 3 N–H and O–H groups in total. The molecule has 0 aliphatic carbocycles. The lowest BCUT2D eigenvalue weighted by atomic mass is 10.0. The van der Waals surface area contributed by atoms with Gasteiger partial charge in [-0.1, -0.05) is 12.1 Å². The van der Waals surface area contributed by atoms with E-state index in [1.54, 1.807) is 7.11 Å². The molecule has 2 fully saturated rings. The Balaban J connectivity index is 1.56. The number of carbonyl (C=O) groups excluding carboxylic acids is 1. The molecule has 0 saturated carbocycles. The van der Waals surface area contributed by atoms with Crippen molar-refractivity contribution in [1.29, 1.82) is 0 Å². The quantitative estimate of drug-likeness (QED) is 0.657. The molecule has 4 atom stereocenters. The summed E-state index contributed by atoms with van der Waals surface area (Å²) in [6.07, 6.45) is 0.985. The molecule has 6 nitrogen and oxygen atoms in total. The number of benzene rings is 1. The fourth-order valence-electron chi connectivity index (χ4n) is 3.46. The molecule has 2 aliphatic heterocycles. The summed E-state index contributed by atoms with van der Waals surface area (Å²) in [5.74, 6) is 0.951. The van der Waals surface area contributed by atoms with Crippen LogP contribution in [0.2, 0.25) is 0 Å². The largest absolute Gasteiger partial charge is 0.497 e. The van der Waals surface area contributed by atoms with Crippen LogP contribution in [0, 0.1) is 5.92 Å². The predicted octanol–water partition coefficient (Wildman–Crippen LogP) is 0.482. The number of rotatable bonds is 6. The van der Waals surface area contributed by atoms with E-state index in [1.807, 2.05) is 24.3 Å². The average Bonchev–Trinajstić information content (AvgIpc) is 3.20. The Labute approximate surface area is 142 Å². The van der Waals surface area contributed by atoms with Crippen LogP contribution in [-0.4, -0.2) is 56.1 Å². The van der Waals surface area contributed by atoms with Crippen LogP contribution in [0.1, 0.15) is 18.4 Å². The summed E-state index contributed by atoms with van der Waals surface area (Å²) in [6.45, 7) is 2.28. The van der Waals surface area contributed by atoms with Crippen LogP contribution < -0.4 is 15.4 Å². The Kier molecular flexibility index (Phi) is 5.71. The summed E-state index contributed by atoms with van der Waals surface area (Å²) in [4.78, 5) is 12.2. The molecule has 2 saturated heterocycles. The van der Waals surface area contributed by atoms with Gasteiger partial charge >= 0.3 is 5.97 Å². The van der Waals surface area contributed by atoms with Crippen molar-refractivity contribution >= 4 is 5.97 Å². The van der Waals surface area contributed by atoms with Crippen molar-refractivity contribution in [2.45, 2.75) is 37.5 Å². The van der Waals surface area contributed by atoms with Crippen molar-refractivity contribution in [3.63, 3.8) is 0 Å². The Bertz CT molecular complexity index is 542. The van der Waals surface area contributed by atoms with Gasteiger partial charge in [-0.15, -0.1) is 0 Å². The highest BCUT2D eigenvalue weighted by Gasteiger charge is 2.38. The van der Waals surface area contributed by atoms with Crippen LogP contribution in [0.3, 0.4) is 0 Å². The van der Waals surface area contributed by atoms with Gasteiger partial charge in [0, 0.05) is 13.0 Å². The molecule has 1 aromatic carbocycles. The van der Waals surface area contributed by atoms with Gasteiger partial charge in [0.1, 0.15) is 18.0 Å². The van der Waals surface area contributed by atoms with Crippen LogP contribution in [0.5, 0.6) is 5.75 Å². The van der Waals surface area contributed by atoms with Crippen LogP contribution >= 0.6 is 0 Å². The number of hydrogen-bond donors (Lipinski definition) is 3. The minimum atomic E-state index is -0.654. The highest BCUT2D eigenvalue weighted by molar-refractivity contribution is 5.70. The van der Waals surface area contributed by atoms with Crippen LogP contribution in [0.25, 0.3) is 0 Å². The van der Waals surface area contributed by atoms with Gasteiger partial charge in [0.2, 0.25) is 0 Å². The molecule has 0 radical (unpaired) electrons. The molecule has 0 aromatic heterocycles. The Morgan fingerprint density at radius 3 is 2.75 bits per heavy atom. The zero-order chi connectivity index (χ0) is 16.9. The van der Waals surface area contributed by atoms with Gasteiger partial charge in [-0.2, -0.15) is 0 Å². The van der Waals surface area contributed by atoms with E-state index in [9.17, 15) is 9.90 Å². The number of β-amino-alcohol motifs (C(OH)–C–C–N with tert-alkyl or cyclic N) is 1. The maximum absolute atomic E-state index is 12.2. The van der Waals surface area contributed by atoms with Crippen molar-refractivity contribution in [2.24, 2.45) is 5.92 Å². The molecule has 1 aromatic rings. The lowest BCUT2D eigenvalue weighted by molar-refractivity contribution is -0.155. The van der Waals surface area contributed by atoms with Gasteiger partial charge in [0.05, 0.1) is 13.2 Å². The SMILES string of the molecule is COc1ccc(C[C@H]2NC[C@H](O)[C@H]2OC(=O)C[C@@H]2CCNC2)cc1. The molecule has 0 bridgehead atoms. The monoisotopic (exact) mass is 334 g/mol. The first-order valence-electron chi connectivity index (χ1n) is 8.60. The second-order valence-corrected chi connectivity index (χ2v) is 6.65. The van der Waals surface area contributed by atoms with Crippen LogP contribution in [0.4, 0.5) is 0 Å². The Hall–Kier alpha value is -1.63. The molecule has 2 heterocycles. The highest BCUT2D eigenvalue weighted by atomic mass is 16.6. The number of ether oxygens (including phenoxy) is 2. The fraction of sp³-hybridized carbons (Fsp3) is 0.611. The van der Waals surface area contributed by atoms with Gasteiger partial charge in [-0.3, -0.25) is 4.79 Å². The molecule has 6 heteroatoms. The number of methoxy groups -OCH3 is 1. The summed E-state index contributed by atoms with van der Waals surface area (Å²) in [5.41, 5.74) is 1.11. The molecule has 2 aliphatic rings.